The summed E-state index contributed by atoms with van der Waals surface area (Å²) in [5.41, 5.74) is 5.39. The third-order valence-corrected chi connectivity index (χ3v) is 2.87. The highest BCUT2D eigenvalue weighted by atomic mass is 15.2. The number of benzene rings is 1. The van der Waals surface area contributed by atoms with Crippen LogP contribution in [0.1, 0.15) is 23.6 Å². The number of nitrogens with zero attached hydrogens (tertiary/aromatic N) is 1. The van der Waals surface area contributed by atoms with Crippen LogP contribution < -0.4 is 11.3 Å². The zero-order chi connectivity index (χ0) is 11.9. The number of nitrogens with two attached hydrogens (primary N) is 1. The van der Waals surface area contributed by atoms with Gasteiger partial charge in [-0.3, -0.25) is 16.3 Å². The fourth-order valence-corrected chi connectivity index (χ4v) is 1.89. The van der Waals surface area contributed by atoms with E-state index in [1.54, 1.807) is 0 Å². The summed E-state index contributed by atoms with van der Waals surface area (Å²) in [5, 5.41) is 0. The Morgan fingerprint density at radius 2 is 1.76 bits per heavy atom. The molecule has 88 valence electrons. The number of rotatable bonds is 5. The maximum Gasteiger partial charge on any atom is 0.0463 e. The third-order valence-electron chi connectivity index (χ3n) is 2.87. The van der Waals surface area contributed by atoms with Crippen LogP contribution in [0.4, 0.5) is 0 Å². The molecule has 3 nitrogen and oxygen atoms in total. The second-order valence-corrected chi connectivity index (χ2v) is 4.02. The van der Waals surface area contributed by atoms with Crippen molar-refractivity contribution in [2.75, 3.05) is 0 Å². The Hall–Kier alpha value is -1.71. The van der Waals surface area contributed by atoms with Gasteiger partial charge >= 0.3 is 0 Å². The number of aryl methyl sites for hydroxylation is 1. The van der Waals surface area contributed by atoms with Crippen LogP contribution in [0.2, 0.25) is 0 Å². The SMILES string of the molecule is NNC(CCc1ccncc1)c1ccccc1. The van der Waals surface area contributed by atoms with Crippen molar-refractivity contribution >= 4 is 0 Å². The molecular weight excluding hydrogens is 210 g/mol. The highest BCUT2D eigenvalue weighted by Crippen LogP contribution is 2.17. The zero-order valence-corrected chi connectivity index (χ0v) is 9.71. The van der Waals surface area contributed by atoms with Gasteiger partial charge in [-0.25, -0.2) is 0 Å². The van der Waals surface area contributed by atoms with E-state index in [1.165, 1.54) is 11.1 Å². The van der Waals surface area contributed by atoms with Crippen LogP contribution in [-0.2, 0) is 6.42 Å². The maximum absolute atomic E-state index is 5.61. The second-order valence-electron chi connectivity index (χ2n) is 4.02. The molecule has 3 N–H and O–H groups in total. The van der Waals surface area contributed by atoms with Crippen LogP contribution in [0.5, 0.6) is 0 Å². The van der Waals surface area contributed by atoms with Gasteiger partial charge in [0, 0.05) is 18.4 Å². The van der Waals surface area contributed by atoms with E-state index < -0.39 is 0 Å². The lowest BCUT2D eigenvalue weighted by Crippen LogP contribution is -2.28. The van der Waals surface area contributed by atoms with E-state index in [9.17, 15) is 0 Å². The van der Waals surface area contributed by atoms with Gasteiger partial charge in [0.05, 0.1) is 0 Å². The lowest BCUT2D eigenvalue weighted by atomic mass is 10.0. The van der Waals surface area contributed by atoms with Crippen LogP contribution in [0.25, 0.3) is 0 Å². The van der Waals surface area contributed by atoms with E-state index in [0.29, 0.717) is 0 Å². The second kappa shape index (κ2) is 6.13. The molecule has 0 radical (unpaired) electrons. The highest BCUT2D eigenvalue weighted by molar-refractivity contribution is 5.19. The molecule has 0 bridgehead atoms. The Labute approximate surface area is 102 Å². The first kappa shape index (κ1) is 11.8. The minimum absolute atomic E-state index is 0.198. The van der Waals surface area contributed by atoms with Gasteiger partial charge in [-0.2, -0.15) is 0 Å². The monoisotopic (exact) mass is 227 g/mol. The zero-order valence-electron chi connectivity index (χ0n) is 9.71. The van der Waals surface area contributed by atoms with E-state index in [4.69, 9.17) is 5.84 Å². The van der Waals surface area contributed by atoms with Gasteiger partial charge in [0.2, 0.25) is 0 Å². The standard InChI is InChI=1S/C14H17N3/c15-17-14(13-4-2-1-3-5-13)7-6-12-8-10-16-11-9-12/h1-5,8-11,14,17H,6-7,15H2. The van der Waals surface area contributed by atoms with Crippen LogP contribution in [-0.4, -0.2) is 4.98 Å². The van der Waals surface area contributed by atoms with Gasteiger partial charge in [0.1, 0.15) is 0 Å². The molecule has 1 aromatic carbocycles. The predicted molar refractivity (Wildman–Crippen MR) is 69.1 cm³/mol. The molecule has 1 aromatic heterocycles. The summed E-state index contributed by atoms with van der Waals surface area (Å²) < 4.78 is 0. The number of hydrogen-bond acceptors (Lipinski definition) is 3. The van der Waals surface area contributed by atoms with Crippen molar-refractivity contribution in [1.82, 2.24) is 10.4 Å². The molecule has 2 rings (SSSR count). The smallest absolute Gasteiger partial charge is 0.0463 e. The molecule has 0 saturated carbocycles. The number of nitrogens with one attached hydrogen (secondary N) is 1. The van der Waals surface area contributed by atoms with Gasteiger partial charge < -0.3 is 0 Å². The summed E-state index contributed by atoms with van der Waals surface area (Å²) in [6, 6.07) is 14.5. The molecule has 0 spiro atoms. The first-order valence-corrected chi connectivity index (χ1v) is 5.80. The molecule has 1 atom stereocenters. The summed E-state index contributed by atoms with van der Waals surface area (Å²) in [6.45, 7) is 0. The average molecular weight is 227 g/mol. The summed E-state index contributed by atoms with van der Waals surface area (Å²) >= 11 is 0. The van der Waals surface area contributed by atoms with Gasteiger partial charge in [0.15, 0.2) is 0 Å². The number of aromatic nitrogens is 1. The van der Waals surface area contributed by atoms with Crippen molar-refractivity contribution < 1.29 is 0 Å². The fourth-order valence-electron chi connectivity index (χ4n) is 1.89. The molecule has 0 aliphatic rings. The molecule has 0 fully saturated rings. The van der Waals surface area contributed by atoms with E-state index >= 15 is 0 Å². The minimum Gasteiger partial charge on any atom is -0.271 e. The molecule has 0 amide bonds. The van der Waals surface area contributed by atoms with E-state index in [0.717, 1.165) is 12.8 Å². The van der Waals surface area contributed by atoms with Gasteiger partial charge in [-0.15, -0.1) is 0 Å². The molecule has 17 heavy (non-hydrogen) atoms. The minimum atomic E-state index is 0.198. The van der Waals surface area contributed by atoms with Crippen molar-refractivity contribution in [2.24, 2.45) is 5.84 Å². The van der Waals surface area contributed by atoms with Crippen LogP contribution in [0.3, 0.4) is 0 Å². The Kier molecular flexibility index (Phi) is 4.24. The number of pyridine rings is 1. The summed E-state index contributed by atoms with van der Waals surface area (Å²) in [6.07, 6.45) is 5.61. The molecule has 2 aromatic rings. The van der Waals surface area contributed by atoms with Gasteiger partial charge in [-0.05, 0) is 36.1 Å². The number of hydrogen-bond donors (Lipinski definition) is 2. The molecule has 1 unspecified atom stereocenters. The van der Waals surface area contributed by atoms with Crippen LogP contribution >= 0.6 is 0 Å². The molecule has 0 aliphatic carbocycles. The summed E-state index contributed by atoms with van der Waals surface area (Å²) in [7, 11) is 0. The topological polar surface area (TPSA) is 50.9 Å². The third kappa shape index (κ3) is 3.37. The normalized spacial score (nSPS) is 12.3. The molecule has 1 heterocycles. The van der Waals surface area contributed by atoms with E-state index in [-0.39, 0.29) is 6.04 Å². The molecular formula is C14H17N3. The average Bonchev–Trinajstić information content (AvgIpc) is 2.42. The quantitative estimate of drug-likeness (QED) is 0.608. The van der Waals surface area contributed by atoms with Gasteiger partial charge in [0.25, 0.3) is 0 Å². The predicted octanol–water partition coefficient (Wildman–Crippen LogP) is 2.22. The largest absolute Gasteiger partial charge is 0.271 e. The first-order valence-electron chi connectivity index (χ1n) is 5.80. The van der Waals surface area contributed by atoms with Crippen molar-refractivity contribution in [2.45, 2.75) is 18.9 Å². The van der Waals surface area contributed by atoms with Crippen molar-refractivity contribution in [1.29, 1.82) is 0 Å². The summed E-state index contributed by atoms with van der Waals surface area (Å²) in [4.78, 5) is 4.01. The Balaban J connectivity index is 1.97. The molecule has 3 heteroatoms. The lowest BCUT2D eigenvalue weighted by molar-refractivity contribution is 0.516. The maximum atomic E-state index is 5.61. The Morgan fingerprint density at radius 3 is 2.41 bits per heavy atom. The summed E-state index contributed by atoms with van der Waals surface area (Å²) in [5.74, 6) is 5.61. The first-order chi connectivity index (χ1) is 8.40. The number of hydrazine groups is 1. The highest BCUT2D eigenvalue weighted by Gasteiger charge is 2.08. The Bertz CT molecular complexity index is 428. The van der Waals surface area contributed by atoms with E-state index in [1.807, 2.05) is 42.7 Å². The van der Waals surface area contributed by atoms with Crippen molar-refractivity contribution in [3.05, 3.63) is 66.0 Å². The Morgan fingerprint density at radius 1 is 1.06 bits per heavy atom. The van der Waals surface area contributed by atoms with Crippen molar-refractivity contribution in [3.63, 3.8) is 0 Å². The van der Waals surface area contributed by atoms with E-state index in [2.05, 4.69) is 22.5 Å². The molecule has 0 aliphatic heterocycles. The van der Waals surface area contributed by atoms with Gasteiger partial charge in [-0.1, -0.05) is 30.3 Å². The fraction of sp³-hybridized carbons (Fsp3) is 0.214. The van der Waals surface area contributed by atoms with Crippen LogP contribution in [0.15, 0.2) is 54.9 Å². The molecule has 0 saturated heterocycles. The van der Waals surface area contributed by atoms with Crippen LogP contribution in [0, 0.1) is 0 Å². The lowest BCUT2D eigenvalue weighted by Gasteiger charge is -2.16. The van der Waals surface area contributed by atoms with Crippen molar-refractivity contribution in [3.8, 4) is 0 Å².